The number of carboxylic acid groups (broad SMARTS) is 1. The molecule has 0 unspecified atom stereocenters. The molecule has 13 nitrogen and oxygen atoms in total. The van der Waals surface area contributed by atoms with E-state index < -0.39 is 41.6 Å². The Bertz CT molecular complexity index is 997. The van der Waals surface area contributed by atoms with Crippen molar-refractivity contribution in [3.8, 4) is 0 Å². The molecule has 35 heavy (non-hydrogen) atoms. The number of alkyl carbamates (subject to hydrolysis) is 1. The number of anilines is 2. The highest BCUT2D eigenvalue weighted by atomic mass is 16.6. The summed E-state index contributed by atoms with van der Waals surface area (Å²) in [6, 6.07) is 0.349. The van der Waals surface area contributed by atoms with Gasteiger partial charge in [0, 0.05) is 24.2 Å². The third-order valence-electron chi connectivity index (χ3n) is 4.93. The number of ether oxygens (including phenoxy) is 2. The molecule has 1 aromatic heterocycles. The van der Waals surface area contributed by atoms with Gasteiger partial charge in [-0.3, -0.25) is 4.98 Å². The molecule has 0 bridgehead atoms. The number of rotatable bonds is 4. The average molecular weight is 492 g/mol. The number of imide groups is 1. The van der Waals surface area contributed by atoms with Crippen molar-refractivity contribution in [3.63, 3.8) is 0 Å². The average Bonchev–Trinajstić information content (AvgIpc) is 2.67. The summed E-state index contributed by atoms with van der Waals surface area (Å²) in [4.78, 5) is 46.5. The van der Waals surface area contributed by atoms with E-state index in [1.54, 1.807) is 52.5 Å². The second kappa shape index (κ2) is 10.7. The van der Waals surface area contributed by atoms with Crippen molar-refractivity contribution < 1.29 is 29.0 Å². The number of nitrogens with zero attached hydrogens (tertiary/aromatic N) is 6. The molecule has 0 spiro atoms. The molecule has 1 saturated heterocycles. The molecular weight excluding hydrogens is 458 g/mol. The smallest absolute Gasteiger partial charge is 0.424 e. The first-order chi connectivity index (χ1) is 16.1. The van der Waals surface area contributed by atoms with Crippen LogP contribution < -0.4 is 15.1 Å². The van der Waals surface area contributed by atoms with E-state index in [1.807, 2.05) is 6.92 Å². The van der Waals surface area contributed by atoms with Crippen LogP contribution in [0.5, 0.6) is 0 Å². The van der Waals surface area contributed by atoms with Gasteiger partial charge in [-0.1, -0.05) is 12.0 Å². The zero-order chi connectivity index (χ0) is 26.6. The van der Waals surface area contributed by atoms with Gasteiger partial charge in [0.05, 0.1) is 24.0 Å². The lowest BCUT2D eigenvalue weighted by atomic mass is 9.90. The minimum atomic E-state index is -1.53. The van der Waals surface area contributed by atoms with Gasteiger partial charge in [0.1, 0.15) is 16.9 Å². The van der Waals surface area contributed by atoms with Crippen molar-refractivity contribution in [1.82, 2.24) is 10.3 Å². The molecule has 1 aliphatic rings. The highest BCUT2D eigenvalue weighted by molar-refractivity contribution is 6.10. The number of nitrogens with one attached hydrogen (secondary N) is 1. The molecule has 1 fully saturated rings. The fourth-order valence-electron chi connectivity index (χ4n) is 3.72. The van der Waals surface area contributed by atoms with Crippen molar-refractivity contribution in [1.29, 1.82) is 0 Å². The van der Waals surface area contributed by atoms with E-state index in [-0.39, 0.29) is 18.2 Å². The Labute approximate surface area is 204 Å². The lowest BCUT2D eigenvalue weighted by Crippen LogP contribution is -2.58. The number of hydrogen-bond acceptors (Lipinski definition) is 8. The van der Waals surface area contributed by atoms with Gasteiger partial charge in [0.25, 0.3) is 0 Å². The number of hydrogen-bond donors (Lipinski definition) is 2. The van der Waals surface area contributed by atoms with Gasteiger partial charge in [-0.05, 0) is 59.1 Å². The lowest BCUT2D eigenvalue weighted by molar-refractivity contribution is 0.0485. The molecule has 3 atom stereocenters. The van der Waals surface area contributed by atoms with E-state index in [1.165, 1.54) is 12.4 Å². The van der Waals surface area contributed by atoms with Crippen molar-refractivity contribution in [2.24, 2.45) is 11.0 Å². The summed E-state index contributed by atoms with van der Waals surface area (Å²) >= 11 is 0. The first-order valence-electron chi connectivity index (χ1n) is 11.1. The molecule has 1 aromatic rings. The molecule has 0 radical (unpaired) electrons. The maximum atomic E-state index is 12.7. The van der Waals surface area contributed by atoms with E-state index in [0.29, 0.717) is 17.1 Å². The normalized spacial score (nSPS) is 20.3. The first-order valence-corrected chi connectivity index (χ1v) is 11.1. The molecule has 13 heteroatoms. The molecule has 1 aliphatic heterocycles. The van der Waals surface area contributed by atoms with Crippen LogP contribution in [0.3, 0.4) is 0 Å². The Morgan fingerprint density at radius 1 is 1.20 bits per heavy atom. The van der Waals surface area contributed by atoms with E-state index in [9.17, 15) is 19.5 Å². The molecule has 2 N–H and O–H groups in total. The van der Waals surface area contributed by atoms with Crippen LogP contribution in [0.15, 0.2) is 23.6 Å². The fourth-order valence-corrected chi connectivity index (χ4v) is 3.72. The van der Waals surface area contributed by atoms with Crippen LogP contribution in [0, 0.1) is 5.92 Å². The number of piperidine rings is 1. The van der Waals surface area contributed by atoms with Crippen molar-refractivity contribution >= 4 is 29.7 Å². The summed E-state index contributed by atoms with van der Waals surface area (Å²) in [6.07, 6.45) is -0.554. The van der Waals surface area contributed by atoms with Crippen molar-refractivity contribution in [3.05, 3.63) is 28.9 Å². The minimum absolute atomic E-state index is 0.000275. The number of carbonyl (C=O) groups excluding carboxylic acids is 2. The molecule has 2 rings (SSSR count). The molecule has 0 aromatic carbocycles. The number of aromatic nitrogens is 1. The summed E-state index contributed by atoms with van der Waals surface area (Å²) in [6.45, 7) is 12.4. The third-order valence-corrected chi connectivity index (χ3v) is 4.93. The second-order valence-corrected chi connectivity index (χ2v) is 10.3. The van der Waals surface area contributed by atoms with Gasteiger partial charge in [0.2, 0.25) is 0 Å². The van der Waals surface area contributed by atoms with Gasteiger partial charge >= 0.3 is 18.3 Å². The van der Waals surface area contributed by atoms with Crippen LogP contribution in [0.2, 0.25) is 0 Å². The summed E-state index contributed by atoms with van der Waals surface area (Å²) in [5.41, 5.74) is 7.79. The predicted molar refractivity (Wildman–Crippen MR) is 128 cm³/mol. The van der Waals surface area contributed by atoms with Gasteiger partial charge < -0.3 is 24.8 Å². The summed E-state index contributed by atoms with van der Waals surface area (Å²) in [5, 5.41) is 16.4. The number of carbonyl (C=O) groups is 3. The Morgan fingerprint density at radius 2 is 1.83 bits per heavy atom. The van der Waals surface area contributed by atoms with Crippen LogP contribution in [-0.2, 0) is 9.47 Å². The van der Waals surface area contributed by atoms with Crippen LogP contribution in [0.25, 0.3) is 10.4 Å². The maximum Gasteiger partial charge on any atom is 0.424 e. The van der Waals surface area contributed by atoms with Crippen LogP contribution in [0.4, 0.5) is 25.8 Å². The second-order valence-electron chi connectivity index (χ2n) is 10.3. The number of azide groups is 1. The number of pyridine rings is 1. The molecule has 0 saturated carbocycles. The summed E-state index contributed by atoms with van der Waals surface area (Å²) < 4.78 is 10.6. The minimum Gasteiger partial charge on any atom is -0.464 e. The summed E-state index contributed by atoms with van der Waals surface area (Å²) in [7, 11) is 0. The monoisotopic (exact) mass is 491 g/mol. The standard InChI is InChI=1S/C22H33N7O6/c1-13-11-28(12-14(17(13)26-27-23)25-18(30)34-21(2,3)4)15-8-9-24-10-16(15)29(19(31)32)20(33)35-22(5,6)7/h8-10,13-14,17H,11-12H2,1-7H3,(H,25,30)(H,31,32)/t13-,14+,17-/m0/s1. The van der Waals surface area contributed by atoms with Gasteiger partial charge in [-0.25, -0.2) is 14.4 Å². The molecular formula is C22H33N7O6. The Balaban J connectivity index is 2.43. The van der Waals surface area contributed by atoms with E-state index >= 15 is 0 Å². The van der Waals surface area contributed by atoms with E-state index in [4.69, 9.17) is 15.0 Å². The summed E-state index contributed by atoms with van der Waals surface area (Å²) in [5.74, 6) is -0.236. The molecule has 0 aliphatic carbocycles. The zero-order valence-electron chi connectivity index (χ0n) is 21.1. The Hall–Kier alpha value is -3.73. The largest absolute Gasteiger partial charge is 0.464 e. The van der Waals surface area contributed by atoms with Crippen LogP contribution in [-0.4, -0.2) is 64.7 Å². The third kappa shape index (κ3) is 7.64. The van der Waals surface area contributed by atoms with Crippen molar-refractivity contribution in [2.75, 3.05) is 22.9 Å². The maximum absolute atomic E-state index is 12.7. The first kappa shape index (κ1) is 27.5. The van der Waals surface area contributed by atoms with E-state index in [0.717, 1.165) is 0 Å². The van der Waals surface area contributed by atoms with Crippen molar-refractivity contribution in [2.45, 2.75) is 71.8 Å². The van der Waals surface area contributed by atoms with Gasteiger partial charge in [-0.15, -0.1) is 0 Å². The zero-order valence-corrected chi connectivity index (χ0v) is 21.1. The van der Waals surface area contributed by atoms with E-state index in [2.05, 4.69) is 20.3 Å². The highest BCUT2D eigenvalue weighted by Gasteiger charge is 2.38. The topological polar surface area (TPSA) is 170 Å². The lowest BCUT2D eigenvalue weighted by Gasteiger charge is -2.43. The van der Waals surface area contributed by atoms with Gasteiger partial charge in [0.15, 0.2) is 0 Å². The quantitative estimate of drug-likeness (QED) is 0.351. The molecule has 192 valence electrons. The number of amides is 3. The predicted octanol–water partition coefficient (Wildman–Crippen LogP) is 4.53. The molecule has 3 amide bonds. The SMILES string of the molecule is C[C@H]1CN(c2ccncc2N(C(=O)O)C(=O)OC(C)(C)C)C[C@@H](NC(=O)OC(C)(C)C)[C@H]1N=[N+]=[N-]. The Kier molecular flexibility index (Phi) is 8.40. The fraction of sp³-hybridized carbons (Fsp3) is 0.636. The van der Waals surface area contributed by atoms with Crippen LogP contribution >= 0.6 is 0 Å². The Morgan fingerprint density at radius 3 is 2.37 bits per heavy atom. The van der Waals surface area contributed by atoms with Crippen LogP contribution in [0.1, 0.15) is 48.5 Å². The highest BCUT2D eigenvalue weighted by Crippen LogP contribution is 2.34. The van der Waals surface area contributed by atoms with Gasteiger partial charge in [-0.2, -0.15) is 4.90 Å². The molecule has 2 heterocycles.